The van der Waals surface area contributed by atoms with E-state index in [-0.39, 0.29) is 6.04 Å². The quantitative estimate of drug-likeness (QED) is 0.882. The van der Waals surface area contributed by atoms with E-state index >= 15 is 0 Å². The molecule has 2 aromatic rings. The van der Waals surface area contributed by atoms with Gasteiger partial charge in [0, 0.05) is 43.7 Å². The smallest absolute Gasteiger partial charge is 0.130 e. The minimum absolute atomic E-state index is 0.161. The Labute approximate surface area is 105 Å². The van der Waals surface area contributed by atoms with Crippen LogP contribution in [0.15, 0.2) is 36.7 Å². The molecule has 0 amide bonds. The van der Waals surface area contributed by atoms with Gasteiger partial charge in [-0.15, -0.1) is 0 Å². The van der Waals surface area contributed by atoms with Crippen molar-refractivity contribution in [2.45, 2.75) is 19.5 Å². The Morgan fingerprint density at radius 3 is 2.67 bits per heavy atom. The van der Waals surface area contributed by atoms with Crippen LogP contribution in [0.4, 0.5) is 8.78 Å². The van der Waals surface area contributed by atoms with Crippen molar-refractivity contribution >= 4 is 0 Å². The highest BCUT2D eigenvalue weighted by atomic mass is 19.1. The summed E-state index contributed by atoms with van der Waals surface area (Å²) in [5.41, 5.74) is 1.61. The fourth-order valence-electron chi connectivity index (χ4n) is 1.90. The van der Waals surface area contributed by atoms with E-state index in [1.807, 2.05) is 37.0 Å². The fourth-order valence-corrected chi connectivity index (χ4v) is 1.90. The first kappa shape index (κ1) is 12.8. The zero-order valence-corrected chi connectivity index (χ0v) is 10.5. The largest absolute Gasteiger partial charge is 0.357 e. The van der Waals surface area contributed by atoms with E-state index in [0.717, 1.165) is 11.6 Å². The molecule has 2 rings (SSSR count). The van der Waals surface area contributed by atoms with Crippen molar-refractivity contribution in [3.8, 4) is 0 Å². The maximum absolute atomic E-state index is 13.5. The van der Waals surface area contributed by atoms with Crippen LogP contribution in [-0.4, -0.2) is 4.57 Å². The molecule has 1 heterocycles. The fraction of sp³-hybridized carbons (Fsp3) is 0.286. The minimum Gasteiger partial charge on any atom is -0.357 e. The normalized spacial score (nSPS) is 12.7. The van der Waals surface area contributed by atoms with Crippen LogP contribution in [-0.2, 0) is 13.6 Å². The number of nitrogens with one attached hydrogen (secondary N) is 1. The van der Waals surface area contributed by atoms with Crippen LogP contribution in [0, 0.1) is 11.6 Å². The minimum atomic E-state index is -0.550. The van der Waals surface area contributed by atoms with Gasteiger partial charge in [-0.25, -0.2) is 8.78 Å². The predicted octanol–water partition coefficient (Wildman–Crippen LogP) is 3.15. The monoisotopic (exact) mass is 250 g/mol. The van der Waals surface area contributed by atoms with Crippen LogP contribution < -0.4 is 5.32 Å². The van der Waals surface area contributed by atoms with E-state index in [2.05, 4.69) is 5.32 Å². The van der Waals surface area contributed by atoms with Crippen molar-refractivity contribution in [1.82, 2.24) is 9.88 Å². The Bertz CT molecular complexity index is 534. The summed E-state index contributed by atoms with van der Waals surface area (Å²) in [4.78, 5) is 0. The Kier molecular flexibility index (Phi) is 3.77. The molecular formula is C14H16F2N2. The average Bonchev–Trinajstić information content (AvgIpc) is 2.72. The molecular weight excluding hydrogens is 234 g/mol. The Morgan fingerprint density at radius 1 is 1.28 bits per heavy atom. The maximum Gasteiger partial charge on any atom is 0.130 e. The molecule has 0 spiro atoms. The van der Waals surface area contributed by atoms with Gasteiger partial charge in [-0.2, -0.15) is 0 Å². The number of aryl methyl sites for hydroxylation is 1. The summed E-state index contributed by atoms with van der Waals surface area (Å²) < 4.78 is 28.3. The number of aromatic nitrogens is 1. The molecule has 2 nitrogen and oxygen atoms in total. The standard InChI is InChI=1S/C14H16F2N2/c1-10(13-4-3-12(15)7-14(13)16)17-8-11-5-6-18(2)9-11/h3-7,9-10,17H,8H2,1-2H3. The molecule has 0 fully saturated rings. The van der Waals surface area contributed by atoms with Gasteiger partial charge in [-0.05, 0) is 24.6 Å². The number of hydrogen-bond donors (Lipinski definition) is 1. The summed E-state index contributed by atoms with van der Waals surface area (Å²) in [5, 5.41) is 3.21. The summed E-state index contributed by atoms with van der Waals surface area (Å²) in [6.07, 6.45) is 3.96. The number of hydrogen-bond acceptors (Lipinski definition) is 1. The molecule has 1 aromatic heterocycles. The molecule has 0 radical (unpaired) electrons. The van der Waals surface area contributed by atoms with E-state index in [1.54, 1.807) is 0 Å². The lowest BCUT2D eigenvalue weighted by atomic mass is 10.1. The predicted molar refractivity (Wildman–Crippen MR) is 67.0 cm³/mol. The van der Waals surface area contributed by atoms with E-state index in [9.17, 15) is 8.78 Å². The van der Waals surface area contributed by atoms with Crippen LogP contribution in [0.3, 0.4) is 0 Å². The molecule has 96 valence electrons. The Balaban J connectivity index is 2.01. The number of rotatable bonds is 4. The van der Waals surface area contributed by atoms with Gasteiger partial charge < -0.3 is 9.88 Å². The lowest BCUT2D eigenvalue weighted by Crippen LogP contribution is -2.19. The Hall–Kier alpha value is -1.68. The van der Waals surface area contributed by atoms with Gasteiger partial charge >= 0.3 is 0 Å². The number of benzene rings is 1. The highest BCUT2D eigenvalue weighted by molar-refractivity contribution is 5.22. The number of halogens is 2. The van der Waals surface area contributed by atoms with Crippen molar-refractivity contribution in [2.75, 3.05) is 0 Å². The first-order chi connectivity index (χ1) is 8.56. The molecule has 1 aromatic carbocycles. The molecule has 1 N–H and O–H groups in total. The summed E-state index contributed by atoms with van der Waals surface area (Å²) >= 11 is 0. The molecule has 0 saturated heterocycles. The molecule has 0 aliphatic rings. The van der Waals surface area contributed by atoms with E-state index < -0.39 is 11.6 Å². The van der Waals surface area contributed by atoms with Gasteiger partial charge in [-0.1, -0.05) is 6.07 Å². The Morgan fingerprint density at radius 2 is 2.06 bits per heavy atom. The SMILES string of the molecule is CC(NCc1ccn(C)c1)c1ccc(F)cc1F. The zero-order chi connectivity index (χ0) is 13.1. The first-order valence-corrected chi connectivity index (χ1v) is 5.85. The second-order valence-corrected chi connectivity index (χ2v) is 4.45. The average molecular weight is 250 g/mol. The van der Waals surface area contributed by atoms with E-state index in [0.29, 0.717) is 12.1 Å². The molecule has 18 heavy (non-hydrogen) atoms. The van der Waals surface area contributed by atoms with Crippen molar-refractivity contribution < 1.29 is 8.78 Å². The highest BCUT2D eigenvalue weighted by Crippen LogP contribution is 2.18. The molecule has 1 atom stereocenters. The van der Waals surface area contributed by atoms with Crippen LogP contribution in [0.1, 0.15) is 24.1 Å². The van der Waals surface area contributed by atoms with Gasteiger partial charge in [0.25, 0.3) is 0 Å². The third-order valence-corrected chi connectivity index (χ3v) is 2.93. The molecule has 0 aliphatic heterocycles. The first-order valence-electron chi connectivity index (χ1n) is 5.85. The van der Waals surface area contributed by atoms with Crippen LogP contribution in [0.5, 0.6) is 0 Å². The topological polar surface area (TPSA) is 17.0 Å². The van der Waals surface area contributed by atoms with Crippen LogP contribution in [0.25, 0.3) is 0 Å². The van der Waals surface area contributed by atoms with Crippen molar-refractivity contribution in [3.63, 3.8) is 0 Å². The molecule has 0 aliphatic carbocycles. The van der Waals surface area contributed by atoms with Crippen LogP contribution >= 0.6 is 0 Å². The molecule has 4 heteroatoms. The highest BCUT2D eigenvalue weighted by Gasteiger charge is 2.11. The molecule has 1 unspecified atom stereocenters. The second kappa shape index (κ2) is 5.31. The lowest BCUT2D eigenvalue weighted by molar-refractivity contribution is 0.517. The third-order valence-electron chi connectivity index (χ3n) is 2.93. The third kappa shape index (κ3) is 2.96. The zero-order valence-electron chi connectivity index (χ0n) is 10.5. The maximum atomic E-state index is 13.5. The summed E-state index contributed by atoms with van der Waals surface area (Å²) in [7, 11) is 1.95. The number of nitrogens with zero attached hydrogens (tertiary/aromatic N) is 1. The van der Waals surface area contributed by atoms with Crippen molar-refractivity contribution in [3.05, 3.63) is 59.4 Å². The second-order valence-electron chi connectivity index (χ2n) is 4.45. The van der Waals surface area contributed by atoms with Crippen LogP contribution in [0.2, 0.25) is 0 Å². The van der Waals surface area contributed by atoms with E-state index in [4.69, 9.17) is 0 Å². The van der Waals surface area contributed by atoms with Gasteiger partial charge in [0.05, 0.1) is 0 Å². The van der Waals surface area contributed by atoms with Gasteiger partial charge in [0.1, 0.15) is 11.6 Å². The molecule has 0 bridgehead atoms. The van der Waals surface area contributed by atoms with Gasteiger partial charge in [0.2, 0.25) is 0 Å². The summed E-state index contributed by atoms with van der Waals surface area (Å²) in [6.45, 7) is 2.51. The molecule has 0 saturated carbocycles. The lowest BCUT2D eigenvalue weighted by Gasteiger charge is -2.14. The summed E-state index contributed by atoms with van der Waals surface area (Å²) in [5.74, 6) is -1.06. The van der Waals surface area contributed by atoms with Gasteiger partial charge in [0.15, 0.2) is 0 Å². The van der Waals surface area contributed by atoms with E-state index in [1.165, 1.54) is 12.1 Å². The van der Waals surface area contributed by atoms with Crippen molar-refractivity contribution in [1.29, 1.82) is 0 Å². The van der Waals surface area contributed by atoms with Crippen molar-refractivity contribution in [2.24, 2.45) is 7.05 Å². The van der Waals surface area contributed by atoms with Gasteiger partial charge in [-0.3, -0.25) is 0 Å². The summed E-state index contributed by atoms with van der Waals surface area (Å²) in [6, 6.07) is 5.51.